The van der Waals surface area contributed by atoms with Crippen LogP contribution in [-0.2, 0) is 4.74 Å². The third-order valence-electron chi connectivity index (χ3n) is 2.47. The molecule has 58 valence electrons. The Morgan fingerprint density at radius 1 is 1.20 bits per heavy atom. The summed E-state index contributed by atoms with van der Waals surface area (Å²) in [6.45, 7) is 2.08. The summed E-state index contributed by atoms with van der Waals surface area (Å²) < 4.78 is 5.26. The first-order valence-corrected chi connectivity index (χ1v) is 5.22. The van der Waals surface area contributed by atoms with Gasteiger partial charge in [0.25, 0.3) is 0 Å². The van der Waals surface area contributed by atoms with E-state index < -0.39 is 0 Å². The van der Waals surface area contributed by atoms with Gasteiger partial charge < -0.3 is 4.74 Å². The van der Waals surface area contributed by atoms with E-state index in [0.717, 1.165) is 13.2 Å². The first-order chi connectivity index (χ1) is 4.91. The van der Waals surface area contributed by atoms with Crippen LogP contribution in [0, 0.1) is 5.41 Å². The summed E-state index contributed by atoms with van der Waals surface area (Å²) in [5, 5.41) is 0. The highest BCUT2D eigenvalue weighted by Gasteiger charge is 2.38. The smallest absolute Gasteiger partial charge is 0.0552 e. The molecule has 0 atom stereocenters. The van der Waals surface area contributed by atoms with Crippen molar-refractivity contribution in [3.05, 3.63) is 0 Å². The Hall–Kier alpha value is 0.310. The molecule has 2 saturated heterocycles. The summed E-state index contributed by atoms with van der Waals surface area (Å²) in [5.74, 6) is 2.73. The molecule has 10 heavy (non-hydrogen) atoms. The lowest BCUT2D eigenvalue weighted by Crippen LogP contribution is -2.44. The molecule has 0 aromatic carbocycles. The van der Waals surface area contributed by atoms with Crippen LogP contribution in [0.4, 0.5) is 0 Å². The molecule has 2 rings (SSSR count). The molecule has 1 spiro atoms. The topological polar surface area (TPSA) is 9.23 Å². The minimum atomic E-state index is 0.626. The normalized spacial score (nSPS) is 31.2. The molecule has 2 aliphatic heterocycles. The first kappa shape index (κ1) is 6.99. The van der Waals surface area contributed by atoms with E-state index in [1.54, 1.807) is 0 Å². The van der Waals surface area contributed by atoms with Crippen LogP contribution in [0.3, 0.4) is 0 Å². The summed E-state index contributed by atoms with van der Waals surface area (Å²) in [5.41, 5.74) is 0.626. The zero-order chi connectivity index (χ0) is 6.86. The van der Waals surface area contributed by atoms with E-state index in [4.69, 9.17) is 4.74 Å². The molecule has 0 unspecified atom stereocenters. The molecule has 1 nitrogen and oxygen atoms in total. The molecular formula is C8H14OS. The Bertz CT molecular complexity index is 110. The predicted molar refractivity (Wildman–Crippen MR) is 44.4 cm³/mol. The minimum Gasteiger partial charge on any atom is -0.380 e. The average molecular weight is 158 g/mol. The Labute approximate surface area is 66.5 Å². The molecule has 0 bridgehead atoms. The van der Waals surface area contributed by atoms with Crippen LogP contribution in [0.25, 0.3) is 0 Å². The van der Waals surface area contributed by atoms with Crippen LogP contribution in [0.2, 0.25) is 0 Å². The maximum absolute atomic E-state index is 5.26. The molecule has 2 heterocycles. The van der Waals surface area contributed by atoms with Crippen molar-refractivity contribution >= 4 is 11.8 Å². The average Bonchev–Trinajstić information content (AvgIpc) is 2.08. The van der Waals surface area contributed by atoms with Gasteiger partial charge in [-0.1, -0.05) is 6.42 Å². The second kappa shape index (κ2) is 2.74. The largest absolute Gasteiger partial charge is 0.380 e. The van der Waals surface area contributed by atoms with Crippen LogP contribution in [-0.4, -0.2) is 24.7 Å². The first-order valence-electron chi connectivity index (χ1n) is 4.07. The maximum atomic E-state index is 5.26. The third kappa shape index (κ3) is 1.19. The van der Waals surface area contributed by atoms with Crippen molar-refractivity contribution in [3.8, 4) is 0 Å². The van der Waals surface area contributed by atoms with Crippen molar-refractivity contribution in [2.45, 2.75) is 19.3 Å². The van der Waals surface area contributed by atoms with E-state index in [1.807, 2.05) is 0 Å². The lowest BCUT2D eigenvalue weighted by atomic mass is 9.83. The summed E-state index contributed by atoms with van der Waals surface area (Å²) in [6, 6.07) is 0. The maximum Gasteiger partial charge on any atom is 0.0552 e. The summed E-state index contributed by atoms with van der Waals surface area (Å²) >= 11 is 2.12. The molecule has 0 N–H and O–H groups in total. The fourth-order valence-corrected chi connectivity index (χ4v) is 2.98. The lowest BCUT2D eigenvalue weighted by molar-refractivity contribution is -0.102. The summed E-state index contributed by atoms with van der Waals surface area (Å²) in [4.78, 5) is 0. The molecular weight excluding hydrogens is 144 g/mol. The standard InChI is InChI=1S/C8H14OS/c1-2-4-10-7-8(3-1)5-9-6-8/h1-7H2. The van der Waals surface area contributed by atoms with E-state index in [9.17, 15) is 0 Å². The fourth-order valence-electron chi connectivity index (χ4n) is 1.68. The van der Waals surface area contributed by atoms with Gasteiger partial charge in [-0.3, -0.25) is 0 Å². The van der Waals surface area contributed by atoms with Gasteiger partial charge in [-0.25, -0.2) is 0 Å². The number of rotatable bonds is 0. The SMILES string of the molecule is C1CCC2(COC2)CSC1. The molecule has 0 aromatic heterocycles. The van der Waals surface area contributed by atoms with Crippen molar-refractivity contribution in [2.75, 3.05) is 24.7 Å². The molecule has 0 saturated carbocycles. The highest BCUT2D eigenvalue weighted by atomic mass is 32.2. The van der Waals surface area contributed by atoms with Gasteiger partial charge in [-0.15, -0.1) is 0 Å². The fraction of sp³-hybridized carbons (Fsp3) is 1.00. The molecule has 0 aromatic rings. The summed E-state index contributed by atoms with van der Waals surface area (Å²) in [7, 11) is 0. The zero-order valence-corrected chi connectivity index (χ0v) is 7.08. The van der Waals surface area contributed by atoms with Gasteiger partial charge in [0.2, 0.25) is 0 Å². The van der Waals surface area contributed by atoms with Crippen LogP contribution in [0.1, 0.15) is 19.3 Å². The molecule has 0 radical (unpaired) electrons. The van der Waals surface area contributed by atoms with Crippen molar-refractivity contribution in [1.82, 2.24) is 0 Å². The van der Waals surface area contributed by atoms with Crippen molar-refractivity contribution < 1.29 is 4.74 Å². The Morgan fingerprint density at radius 2 is 2.10 bits per heavy atom. The van der Waals surface area contributed by atoms with Crippen molar-refractivity contribution in [2.24, 2.45) is 5.41 Å². The molecule has 2 heteroatoms. The molecule has 2 fully saturated rings. The van der Waals surface area contributed by atoms with Gasteiger partial charge in [0.05, 0.1) is 13.2 Å². The zero-order valence-electron chi connectivity index (χ0n) is 6.27. The number of ether oxygens (including phenoxy) is 1. The van der Waals surface area contributed by atoms with Gasteiger partial charge in [0.15, 0.2) is 0 Å². The Balaban J connectivity index is 1.92. The predicted octanol–water partition coefficient (Wildman–Crippen LogP) is 1.92. The van der Waals surface area contributed by atoms with Crippen LogP contribution >= 0.6 is 11.8 Å². The number of hydrogen-bond acceptors (Lipinski definition) is 2. The molecule has 0 amide bonds. The van der Waals surface area contributed by atoms with Gasteiger partial charge >= 0.3 is 0 Å². The van der Waals surface area contributed by atoms with E-state index >= 15 is 0 Å². The highest BCUT2D eigenvalue weighted by molar-refractivity contribution is 7.99. The Morgan fingerprint density at radius 3 is 2.80 bits per heavy atom. The van der Waals surface area contributed by atoms with E-state index in [-0.39, 0.29) is 0 Å². The Kier molecular flexibility index (Phi) is 1.92. The van der Waals surface area contributed by atoms with Crippen LogP contribution in [0.15, 0.2) is 0 Å². The van der Waals surface area contributed by atoms with Crippen LogP contribution in [0.5, 0.6) is 0 Å². The lowest BCUT2D eigenvalue weighted by Gasteiger charge is -2.40. The van der Waals surface area contributed by atoms with Crippen molar-refractivity contribution in [3.63, 3.8) is 0 Å². The van der Waals surface area contributed by atoms with E-state index in [2.05, 4.69) is 11.8 Å². The summed E-state index contributed by atoms with van der Waals surface area (Å²) in [6.07, 6.45) is 4.27. The van der Waals surface area contributed by atoms with Gasteiger partial charge in [-0.2, -0.15) is 11.8 Å². The number of thioether (sulfide) groups is 1. The number of hydrogen-bond donors (Lipinski definition) is 0. The highest BCUT2D eigenvalue weighted by Crippen LogP contribution is 2.39. The molecule has 2 aliphatic rings. The van der Waals surface area contributed by atoms with E-state index in [0.29, 0.717) is 5.41 Å². The van der Waals surface area contributed by atoms with E-state index in [1.165, 1.54) is 30.8 Å². The monoisotopic (exact) mass is 158 g/mol. The second-order valence-electron chi connectivity index (χ2n) is 3.50. The molecule has 0 aliphatic carbocycles. The minimum absolute atomic E-state index is 0.626. The van der Waals surface area contributed by atoms with Crippen molar-refractivity contribution in [1.29, 1.82) is 0 Å². The quantitative estimate of drug-likeness (QED) is 0.532. The van der Waals surface area contributed by atoms with Gasteiger partial charge in [0.1, 0.15) is 0 Å². The van der Waals surface area contributed by atoms with Gasteiger partial charge in [-0.05, 0) is 18.6 Å². The van der Waals surface area contributed by atoms with Gasteiger partial charge in [0, 0.05) is 11.2 Å². The second-order valence-corrected chi connectivity index (χ2v) is 4.61. The van der Waals surface area contributed by atoms with Crippen LogP contribution < -0.4 is 0 Å². The third-order valence-corrected chi connectivity index (χ3v) is 3.86.